The number of hydrogen-bond acceptors (Lipinski definition) is 6. The summed E-state index contributed by atoms with van der Waals surface area (Å²) in [5.74, 6) is -0.633. The summed E-state index contributed by atoms with van der Waals surface area (Å²) >= 11 is 0. The normalized spacial score (nSPS) is 11.4. The summed E-state index contributed by atoms with van der Waals surface area (Å²) in [4.78, 5) is 37.3. The summed E-state index contributed by atoms with van der Waals surface area (Å²) in [6, 6.07) is 14.7. The van der Waals surface area contributed by atoms with Gasteiger partial charge in [-0.1, -0.05) is 18.2 Å². The highest BCUT2D eigenvalue weighted by Gasteiger charge is 2.17. The van der Waals surface area contributed by atoms with Crippen molar-refractivity contribution in [1.82, 2.24) is 19.5 Å². The molecule has 4 heterocycles. The van der Waals surface area contributed by atoms with Crippen molar-refractivity contribution in [2.24, 2.45) is 7.05 Å². The lowest BCUT2D eigenvalue weighted by Crippen LogP contribution is -2.20. The number of benzene rings is 1. The molecule has 0 fully saturated rings. The van der Waals surface area contributed by atoms with Crippen LogP contribution in [0.3, 0.4) is 0 Å². The van der Waals surface area contributed by atoms with E-state index in [2.05, 4.69) is 9.97 Å². The van der Waals surface area contributed by atoms with Gasteiger partial charge in [-0.3, -0.25) is 9.78 Å². The molecule has 5 rings (SSSR count). The van der Waals surface area contributed by atoms with E-state index in [0.29, 0.717) is 28.4 Å². The maximum atomic E-state index is 12.7. The Hall–Kier alpha value is -4.59. The van der Waals surface area contributed by atoms with Crippen LogP contribution in [0, 0.1) is 6.92 Å². The first-order valence-corrected chi connectivity index (χ1v) is 11.5. The molecule has 1 N–H and O–H groups in total. The molecule has 4 aromatic heterocycles. The quantitative estimate of drug-likeness (QED) is 0.377. The minimum Gasteiger partial charge on any atom is -0.477 e. The fourth-order valence-electron chi connectivity index (χ4n) is 4.31. The number of carboxylic acids is 1. The van der Waals surface area contributed by atoms with E-state index in [9.17, 15) is 9.59 Å². The lowest BCUT2D eigenvalue weighted by Gasteiger charge is -2.16. The maximum absolute atomic E-state index is 12.7. The highest BCUT2D eigenvalue weighted by molar-refractivity contribution is 6.04. The molecule has 1 aromatic carbocycles. The third kappa shape index (κ3) is 4.07. The first-order valence-electron chi connectivity index (χ1n) is 11.5. The number of fused-ring (bicyclic) bond motifs is 2. The molecule has 0 saturated heterocycles. The summed E-state index contributed by atoms with van der Waals surface area (Å²) < 4.78 is 7.56. The first kappa shape index (κ1) is 23.2. The molecule has 180 valence electrons. The largest absolute Gasteiger partial charge is 0.477 e. The van der Waals surface area contributed by atoms with Crippen LogP contribution in [0.4, 0.5) is 0 Å². The van der Waals surface area contributed by atoms with Crippen molar-refractivity contribution >= 4 is 27.6 Å². The summed E-state index contributed by atoms with van der Waals surface area (Å²) in [5, 5.41) is 11.8. The van der Waals surface area contributed by atoms with Gasteiger partial charge in [0.05, 0.1) is 23.0 Å². The van der Waals surface area contributed by atoms with Crippen molar-refractivity contribution < 1.29 is 14.6 Å². The number of ether oxygens (including phenoxy) is 1. The van der Waals surface area contributed by atoms with Gasteiger partial charge >= 0.3 is 5.97 Å². The van der Waals surface area contributed by atoms with Crippen LogP contribution in [0.5, 0.6) is 5.88 Å². The molecule has 8 nitrogen and oxygen atoms in total. The van der Waals surface area contributed by atoms with Gasteiger partial charge in [0.15, 0.2) is 0 Å². The minimum atomic E-state index is -1.08. The van der Waals surface area contributed by atoms with Crippen molar-refractivity contribution in [2.45, 2.75) is 26.9 Å². The Morgan fingerprint density at radius 1 is 1.03 bits per heavy atom. The Labute approximate surface area is 206 Å². The zero-order chi connectivity index (χ0) is 25.6. The second kappa shape index (κ2) is 8.88. The van der Waals surface area contributed by atoms with Gasteiger partial charge in [0.1, 0.15) is 5.69 Å². The lowest BCUT2D eigenvalue weighted by atomic mass is 9.99. The van der Waals surface area contributed by atoms with E-state index in [-0.39, 0.29) is 17.4 Å². The molecular formula is C28H24N4O4. The third-order valence-corrected chi connectivity index (χ3v) is 6.03. The Morgan fingerprint density at radius 2 is 1.83 bits per heavy atom. The summed E-state index contributed by atoms with van der Waals surface area (Å²) in [5.41, 5.74) is 4.24. The number of carboxylic acid groups (broad SMARTS) is 1. The van der Waals surface area contributed by atoms with E-state index in [0.717, 1.165) is 27.2 Å². The van der Waals surface area contributed by atoms with Crippen LogP contribution in [-0.4, -0.2) is 36.7 Å². The Kier molecular flexibility index (Phi) is 5.72. The van der Waals surface area contributed by atoms with Crippen molar-refractivity contribution in [1.29, 1.82) is 0 Å². The number of nitrogens with zero attached hydrogens (tertiary/aromatic N) is 4. The fraction of sp³-hybridized carbons (Fsp3) is 0.179. The second-order valence-electron chi connectivity index (χ2n) is 8.93. The van der Waals surface area contributed by atoms with E-state index in [1.165, 1.54) is 12.3 Å². The smallest absolute Gasteiger partial charge is 0.354 e. The summed E-state index contributed by atoms with van der Waals surface area (Å²) in [6.07, 6.45) is 3.21. The van der Waals surface area contributed by atoms with Gasteiger partial charge in [-0.05, 0) is 50.4 Å². The third-order valence-electron chi connectivity index (χ3n) is 6.03. The highest BCUT2D eigenvalue weighted by Crippen LogP contribution is 2.35. The van der Waals surface area contributed by atoms with Gasteiger partial charge < -0.3 is 14.4 Å². The molecule has 8 heteroatoms. The van der Waals surface area contributed by atoms with Gasteiger partial charge in [-0.2, -0.15) is 0 Å². The molecule has 0 aliphatic heterocycles. The predicted molar refractivity (Wildman–Crippen MR) is 138 cm³/mol. The Balaban J connectivity index is 1.72. The zero-order valence-corrected chi connectivity index (χ0v) is 20.3. The van der Waals surface area contributed by atoms with Gasteiger partial charge in [0.2, 0.25) is 5.88 Å². The van der Waals surface area contributed by atoms with Crippen molar-refractivity contribution in [3.63, 3.8) is 0 Å². The number of pyridine rings is 4. The molecule has 0 atom stereocenters. The number of aromatic nitrogens is 4. The second-order valence-corrected chi connectivity index (χ2v) is 8.93. The number of hydrogen-bond donors (Lipinski definition) is 1. The van der Waals surface area contributed by atoms with E-state index in [1.807, 2.05) is 44.2 Å². The summed E-state index contributed by atoms with van der Waals surface area (Å²) in [6.45, 7) is 5.66. The van der Waals surface area contributed by atoms with Gasteiger partial charge in [0, 0.05) is 53.0 Å². The van der Waals surface area contributed by atoms with Crippen LogP contribution in [0.1, 0.15) is 29.9 Å². The fourth-order valence-corrected chi connectivity index (χ4v) is 4.31. The zero-order valence-electron chi connectivity index (χ0n) is 20.3. The van der Waals surface area contributed by atoms with Crippen LogP contribution >= 0.6 is 0 Å². The molecule has 5 aromatic rings. The van der Waals surface area contributed by atoms with Gasteiger partial charge in [-0.25, -0.2) is 14.8 Å². The van der Waals surface area contributed by atoms with Crippen LogP contribution in [0.2, 0.25) is 0 Å². The average molecular weight is 481 g/mol. The van der Waals surface area contributed by atoms with E-state index in [1.54, 1.807) is 36.9 Å². The molecule has 0 aliphatic carbocycles. The molecule has 0 spiro atoms. The Morgan fingerprint density at radius 3 is 2.53 bits per heavy atom. The Bertz CT molecular complexity index is 1710. The lowest BCUT2D eigenvalue weighted by molar-refractivity contribution is 0.0690. The average Bonchev–Trinajstić information content (AvgIpc) is 2.86. The maximum Gasteiger partial charge on any atom is 0.354 e. The monoisotopic (exact) mass is 480 g/mol. The molecule has 0 radical (unpaired) electrons. The van der Waals surface area contributed by atoms with E-state index in [4.69, 9.17) is 14.8 Å². The molecular weight excluding hydrogens is 456 g/mol. The van der Waals surface area contributed by atoms with Crippen LogP contribution < -0.4 is 10.3 Å². The highest BCUT2D eigenvalue weighted by atomic mass is 16.5. The molecule has 0 bridgehead atoms. The molecule has 0 saturated carbocycles. The van der Waals surface area contributed by atoms with Crippen LogP contribution in [0.15, 0.2) is 65.7 Å². The topological polar surface area (TPSA) is 107 Å². The summed E-state index contributed by atoms with van der Waals surface area (Å²) in [7, 11) is 1.75. The number of aromatic carboxylic acids is 1. The standard InChI is InChI=1S/C28H24N4O4/c1-15(2)36-25-12-24-20(10-16(3)27(33)32(24)4)26(31-25)19-7-5-6-17-11-23(30-14-21(17)19)18-8-9-22(28(34)35)29-13-18/h5-15H,1-4H3,(H,34,35). The van der Waals surface area contributed by atoms with E-state index < -0.39 is 5.97 Å². The van der Waals surface area contributed by atoms with Crippen LogP contribution in [0.25, 0.3) is 44.2 Å². The van der Waals surface area contributed by atoms with Crippen molar-refractivity contribution in [3.05, 3.63) is 82.5 Å². The minimum absolute atomic E-state index is 0.0204. The molecule has 0 amide bonds. The van der Waals surface area contributed by atoms with Gasteiger partial charge in [-0.15, -0.1) is 0 Å². The van der Waals surface area contributed by atoms with Gasteiger partial charge in [0.25, 0.3) is 5.56 Å². The predicted octanol–water partition coefficient (Wildman–Crippen LogP) is 5.00. The number of carbonyl (C=O) groups is 1. The van der Waals surface area contributed by atoms with Crippen molar-refractivity contribution in [3.8, 4) is 28.4 Å². The van der Waals surface area contributed by atoms with E-state index >= 15 is 0 Å². The molecule has 0 aliphatic rings. The number of rotatable bonds is 5. The number of aryl methyl sites for hydroxylation is 2. The SMILES string of the molecule is Cc1cc2c(-c3cccc4cc(-c5ccc(C(=O)O)nc5)ncc34)nc(OC(C)C)cc2n(C)c1=O. The first-order chi connectivity index (χ1) is 17.2. The molecule has 36 heavy (non-hydrogen) atoms. The van der Waals surface area contributed by atoms with Crippen molar-refractivity contribution in [2.75, 3.05) is 0 Å². The molecule has 0 unspecified atom stereocenters. The van der Waals surface area contributed by atoms with Crippen LogP contribution in [-0.2, 0) is 7.05 Å².